The Bertz CT molecular complexity index is 739. The van der Waals surface area contributed by atoms with E-state index in [1.165, 1.54) is 0 Å². The van der Waals surface area contributed by atoms with Gasteiger partial charge in [-0.1, -0.05) is 24.9 Å². The summed E-state index contributed by atoms with van der Waals surface area (Å²) in [5, 5.41) is 5.54. The van der Waals surface area contributed by atoms with E-state index in [1.807, 2.05) is 48.5 Å². The molecule has 0 radical (unpaired) electrons. The molecule has 2 aromatic carbocycles. The van der Waals surface area contributed by atoms with Crippen molar-refractivity contribution >= 4 is 35.0 Å². The molecule has 0 aliphatic rings. The Morgan fingerprint density at radius 3 is 1.32 bits per heavy atom. The Morgan fingerprint density at radius 2 is 1.04 bits per heavy atom. The zero-order valence-corrected chi connectivity index (χ0v) is 15.1. The van der Waals surface area contributed by atoms with Crippen molar-refractivity contribution in [1.82, 2.24) is 0 Å². The molecule has 0 aliphatic heterocycles. The second kappa shape index (κ2) is 8.35. The van der Waals surface area contributed by atoms with Gasteiger partial charge in [0.25, 0.3) is 11.8 Å². The quantitative estimate of drug-likeness (QED) is 0.730. The van der Waals surface area contributed by atoms with Crippen molar-refractivity contribution in [3.63, 3.8) is 0 Å². The summed E-state index contributed by atoms with van der Waals surface area (Å²) in [4.78, 5) is 25.3. The summed E-state index contributed by atoms with van der Waals surface area (Å²) in [5.74, 6) is -0.374. The summed E-state index contributed by atoms with van der Waals surface area (Å²) in [7, 11) is 0. The maximum Gasteiger partial charge on any atom is 0.250 e. The van der Waals surface area contributed by atoms with Crippen LogP contribution in [0.25, 0.3) is 0 Å². The Kier molecular flexibility index (Phi) is 6.19. The maximum atomic E-state index is 11.6. The molecule has 128 valence electrons. The van der Waals surface area contributed by atoms with Crippen LogP contribution in [-0.4, -0.2) is 11.8 Å². The van der Waals surface area contributed by atoms with Gasteiger partial charge < -0.3 is 10.6 Å². The molecule has 0 bridgehead atoms. The van der Waals surface area contributed by atoms with Gasteiger partial charge in [0.1, 0.15) is 0 Å². The van der Waals surface area contributed by atoms with Crippen LogP contribution >= 0.6 is 11.8 Å². The van der Waals surface area contributed by atoms with Crippen molar-refractivity contribution in [2.24, 2.45) is 0 Å². The largest absolute Gasteiger partial charge is 0.322 e. The highest BCUT2D eigenvalue weighted by molar-refractivity contribution is 7.99. The molecule has 25 heavy (non-hydrogen) atoms. The molecular weight excluding hydrogens is 332 g/mol. The number of nitrogens with one attached hydrogen (secondary N) is 2. The molecule has 0 aromatic heterocycles. The van der Waals surface area contributed by atoms with Crippen molar-refractivity contribution in [3.8, 4) is 0 Å². The smallest absolute Gasteiger partial charge is 0.250 e. The van der Waals surface area contributed by atoms with Crippen LogP contribution < -0.4 is 10.6 Å². The predicted octanol–water partition coefficient (Wildman–Crippen LogP) is 4.87. The highest BCUT2D eigenvalue weighted by atomic mass is 32.2. The summed E-state index contributed by atoms with van der Waals surface area (Å²) in [6, 6.07) is 15.2. The SMILES string of the molecule is C=C(C)C(=O)Nc1ccc(Sc2ccc(NC(=O)C(=C)C)cc2)cc1. The van der Waals surface area contributed by atoms with Crippen LogP contribution in [0.4, 0.5) is 11.4 Å². The molecule has 0 aliphatic carbocycles. The number of hydrogen-bond donors (Lipinski definition) is 2. The minimum Gasteiger partial charge on any atom is -0.322 e. The van der Waals surface area contributed by atoms with E-state index >= 15 is 0 Å². The van der Waals surface area contributed by atoms with E-state index in [2.05, 4.69) is 23.8 Å². The monoisotopic (exact) mass is 352 g/mol. The average Bonchev–Trinajstić information content (AvgIpc) is 2.58. The normalized spacial score (nSPS) is 10.0. The average molecular weight is 352 g/mol. The van der Waals surface area contributed by atoms with Crippen LogP contribution in [-0.2, 0) is 9.59 Å². The van der Waals surface area contributed by atoms with Crippen LogP contribution in [0.2, 0.25) is 0 Å². The molecule has 2 rings (SSSR count). The number of anilines is 2. The van der Waals surface area contributed by atoms with Crippen molar-refractivity contribution in [2.75, 3.05) is 10.6 Å². The van der Waals surface area contributed by atoms with E-state index < -0.39 is 0 Å². The molecule has 0 saturated carbocycles. The lowest BCUT2D eigenvalue weighted by molar-refractivity contribution is -0.113. The van der Waals surface area contributed by atoms with Gasteiger partial charge in [0.15, 0.2) is 0 Å². The van der Waals surface area contributed by atoms with Crippen molar-refractivity contribution in [1.29, 1.82) is 0 Å². The van der Waals surface area contributed by atoms with Crippen molar-refractivity contribution in [2.45, 2.75) is 23.6 Å². The van der Waals surface area contributed by atoms with E-state index in [0.29, 0.717) is 11.1 Å². The van der Waals surface area contributed by atoms with Crippen LogP contribution in [0.3, 0.4) is 0 Å². The fraction of sp³-hybridized carbons (Fsp3) is 0.100. The Morgan fingerprint density at radius 1 is 0.720 bits per heavy atom. The van der Waals surface area contributed by atoms with Gasteiger partial charge in [-0.05, 0) is 62.4 Å². The molecule has 0 unspecified atom stereocenters. The highest BCUT2D eigenvalue weighted by Gasteiger charge is 2.05. The van der Waals surface area contributed by atoms with E-state index in [0.717, 1.165) is 21.2 Å². The Balaban J connectivity index is 1.98. The first-order valence-corrected chi connectivity index (χ1v) is 8.48. The second-order valence-electron chi connectivity index (χ2n) is 5.62. The van der Waals surface area contributed by atoms with Gasteiger partial charge in [-0.25, -0.2) is 0 Å². The molecule has 0 spiro atoms. The predicted molar refractivity (Wildman–Crippen MR) is 104 cm³/mol. The summed E-state index contributed by atoms with van der Waals surface area (Å²) in [6.45, 7) is 10.6. The maximum absolute atomic E-state index is 11.6. The topological polar surface area (TPSA) is 58.2 Å². The van der Waals surface area contributed by atoms with Crippen LogP contribution in [0.1, 0.15) is 13.8 Å². The minimum atomic E-state index is -0.187. The number of amides is 2. The van der Waals surface area contributed by atoms with E-state index in [1.54, 1.807) is 25.6 Å². The van der Waals surface area contributed by atoms with Gasteiger partial charge >= 0.3 is 0 Å². The first kappa shape index (κ1) is 18.5. The molecule has 2 amide bonds. The number of carbonyl (C=O) groups is 2. The number of benzene rings is 2. The highest BCUT2D eigenvalue weighted by Crippen LogP contribution is 2.29. The van der Waals surface area contributed by atoms with Crippen LogP contribution in [0.5, 0.6) is 0 Å². The van der Waals surface area contributed by atoms with Gasteiger partial charge in [0, 0.05) is 32.3 Å². The molecule has 0 saturated heterocycles. The first-order valence-electron chi connectivity index (χ1n) is 7.67. The zero-order valence-electron chi connectivity index (χ0n) is 14.3. The third kappa shape index (κ3) is 5.65. The lowest BCUT2D eigenvalue weighted by atomic mass is 10.3. The van der Waals surface area contributed by atoms with Gasteiger partial charge in [-0.15, -0.1) is 0 Å². The zero-order chi connectivity index (χ0) is 18.4. The number of rotatable bonds is 6. The molecule has 2 aromatic rings. The van der Waals surface area contributed by atoms with E-state index in [4.69, 9.17) is 0 Å². The molecule has 0 fully saturated rings. The van der Waals surface area contributed by atoms with Crippen molar-refractivity contribution < 1.29 is 9.59 Å². The third-order valence-corrected chi connectivity index (χ3v) is 4.25. The standard InChI is InChI=1S/C20H20N2O2S/c1-13(2)19(23)21-15-5-9-17(10-6-15)25-18-11-7-16(8-12-18)22-20(24)14(3)4/h5-12H,1,3H2,2,4H3,(H,21,23)(H,22,24). The van der Waals surface area contributed by atoms with Crippen LogP contribution in [0.15, 0.2) is 82.6 Å². The molecule has 4 nitrogen and oxygen atoms in total. The lowest BCUT2D eigenvalue weighted by Crippen LogP contribution is -2.11. The fourth-order valence-electron chi connectivity index (χ4n) is 1.82. The fourth-order valence-corrected chi connectivity index (χ4v) is 2.64. The van der Waals surface area contributed by atoms with E-state index in [9.17, 15) is 9.59 Å². The second-order valence-corrected chi connectivity index (χ2v) is 6.77. The molecule has 0 atom stereocenters. The van der Waals surface area contributed by atoms with Gasteiger partial charge in [-0.2, -0.15) is 0 Å². The van der Waals surface area contributed by atoms with Crippen LogP contribution in [0, 0.1) is 0 Å². The molecular formula is C20H20N2O2S. The first-order chi connectivity index (χ1) is 11.8. The van der Waals surface area contributed by atoms with Gasteiger partial charge in [0.2, 0.25) is 0 Å². The van der Waals surface area contributed by atoms with Crippen molar-refractivity contribution in [3.05, 3.63) is 72.8 Å². The third-order valence-electron chi connectivity index (χ3n) is 3.24. The molecule has 5 heteroatoms. The molecule has 0 heterocycles. The minimum absolute atomic E-state index is 0.187. The summed E-state index contributed by atoms with van der Waals surface area (Å²) < 4.78 is 0. The number of carbonyl (C=O) groups excluding carboxylic acids is 2. The van der Waals surface area contributed by atoms with Gasteiger partial charge in [0.05, 0.1) is 0 Å². The summed E-state index contributed by atoms with van der Waals surface area (Å²) >= 11 is 1.59. The summed E-state index contributed by atoms with van der Waals surface area (Å²) in [6.07, 6.45) is 0. The van der Waals surface area contributed by atoms with Gasteiger partial charge in [-0.3, -0.25) is 9.59 Å². The molecule has 2 N–H and O–H groups in total. The number of hydrogen-bond acceptors (Lipinski definition) is 3. The Labute approximate surface area is 152 Å². The summed E-state index contributed by atoms with van der Waals surface area (Å²) in [5.41, 5.74) is 2.40. The Hall–Kier alpha value is -2.79. The van der Waals surface area contributed by atoms with E-state index in [-0.39, 0.29) is 11.8 Å². The lowest BCUT2D eigenvalue weighted by Gasteiger charge is -2.08.